The van der Waals surface area contributed by atoms with Crippen molar-refractivity contribution in [2.45, 2.75) is 51.9 Å². The summed E-state index contributed by atoms with van der Waals surface area (Å²) in [6, 6.07) is 9.79. The van der Waals surface area contributed by atoms with Gasteiger partial charge in [-0.2, -0.15) is 0 Å². The molecule has 2 aromatic carbocycles. The van der Waals surface area contributed by atoms with Gasteiger partial charge in [0.25, 0.3) is 0 Å². The van der Waals surface area contributed by atoms with Gasteiger partial charge in [-0.25, -0.2) is 8.78 Å². The maximum atomic E-state index is 13.6. The van der Waals surface area contributed by atoms with Gasteiger partial charge in [0.2, 0.25) is 0 Å². The number of unbranched alkanes of at least 4 members (excludes halogenated alkanes) is 4. The molecule has 0 saturated heterocycles. The van der Waals surface area contributed by atoms with E-state index in [0.717, 1.165) is 54.5 Å². The van der Waals surface area contributed by atoms with E-state index in [-0.39, 0.29) is 0 Å². The molecular weight excluding hydrogens is 344 g/mol. The van der Waals surface area contributed by atoms with Crippen molar-refractivity contribution in [1.82, 2.24) is 0 Å². The van der Waals surface area contributed by atoms with E-state index in [2.05, 4.69) is 6.92 Å². The van der Waals surface area contributed by atoms with Crippen LogP contribution in [0.5, 0.6) is 5.75 Å². The van der Waals surface area contributed by atoms with Gasteiger partial charge in [0.05, 0.1) is 6.61 Å². The van der Waals surface area contributed by atoms with Crippen molar-refractivity contribution >= 4 is 5.71 Å². The van der Waals surface area contributed by atoms with Crippen LogP contribution in [0.15, 0.2) is 41.4 Å². The Bertz CT molecular complexity index is 801. The molecule has 3 rings (SSSR count). The summed E-state index contributed by atoms with van der Waals surface area (Å²) >= 11 is 0. The third-order valence-electron chi connectivity index (χ3n) is 4.93. The van der Waals surface area contributed by atoms with Crippen LogP contribution in [-0.4, -0.2) is 18.9 Å². The number of halogens is 2. The van der Waals surface area contributed by atoms with Crippen LogP contribution in [-0.2, 0) is 0 Å². The molecule has 0 aromatic heterocycles. The second-order valence-corrected chi connectivity index (χ2v) is 7.03. The fourth-order valence-electron chi connectivity index (χ4n) is 3.39. The van der Waals surface area contributed by atoms with Crippen molar-refractivity contribution in [2.75, 3.05) is 13.2 Å². The molecule has 1 heterocycles. The highest BCUT2D eigenvalue weighted by Crippen LogP contribution is 2.31. The highest BCUT2D eigenvalue weighted by Gasteiger charge is 2.16. The highest BCUT2D eigenvalue weighted by atomic mass is 19.2. The first-order valence-electron chi connectivity index (χ1n) is 9.95. The summed E-state index contributed by atoms with van der Waals surface area (Å²) in [5, 5.41) is 0. The fraction of sp³-hybridized carbons (Fsp3) is 0.435. The van der Waals surface area contributed by atoms with Gasteiger partial charge in [-0.15, -0.1) is 0 Å². The zero-order valence-electron chi connectivity index (χ0n) is 15.9. The molecule has 0 bridgehead atoms. The standard InChI is InChI=1S/C23H27F2NO/c1-2-3-4-5-6-13-26-22-8-7-14-27-23-16-18(9-11-19(22)23)17-10-12-20(24)21(25)15-17/h9-12,15-16H,2-8,13-14H2,1H3. The Hall–Kier alpha value is -2.23. The summed E-state index contributed by atoms with van der Waals surface area (Å²) < 4.78 is 32.7. The molecule has 2 nitrogen and oxygen atoms in total. The number of nitrogens with zero attached hydrogens (tertiary/aromatic N) is 1. The van der Waals surface area contributed by atoms with Gasteiger partial charge in [-0.1, -0.05) is 44.7 Å². The Morgan fingerprint density at radius 2 is 1.70 bits per heavy atom. The van der Waals surface area contributed by atoms with Crippen molar-refractivity contribution in [3.63, 3.8) is 0 Å². The molecule has 0 N–H and O–H groups in total. The molecule has 0 aliphatic carbocycles. The second-order valence-electron chi connectivity index (χ2n) is 7.03. The van der Waals surface area contributed by atoms with Crippen LogP contribution in [0.1, 0.15) is 57.4 Å². The molecule has 0 amide bonds. The average molecular weight is 371 g/mol. The maximum absolute atomic E-state index is 13.6. The first-order valence-corrected chi connectivity index (χ1v) is 9.95. The molecule has 0 fully saturated rings. The van der Waals surface area contributed by atoms with E-state index in [9.17, 15) is 8.78 Å². The SMILES string of the molecule is CCCCCCCN=C1CCCOc2cc(-c3ccc(F)c(F)c3)ccc21. The summed E-state index contributed by atoms with van der Waals surface area (Å²) in [5.74, 6) is -0.897. The van der Waals surface area contributed by atoms with Gasteiger partial charge in [0.15, 0.2) is 11.6 Å². The zero-order valence-corrected chi connectivity index (χ0v) is 15.9. The summed E-state index contributed by atoms with van der Waals surface area (Å²) in [4.78, 5) is 4.84. The predicted octanol–water partition coefficient (Wildman–Crippen LogP) is 6.56. The van der Waals surface area contributed by atoms with Crippen LogP contribution in [0.4, 0.5) is 8.78 Å². The largest absolute Gasteiger partial charge is 0.493 e. The summed E-state index contributed by atoms with van der Waals surface area (Å²) in [5.41, 5.74) is 3.56. The highest BCUT2D eigenvalue weighted by molar-refractivity contribution is 6.03. The minimum absolute atomic E-state index is 0.638. The molecule has 1 aliphatic rings. The lowest BCUT2D eigenvalue weighted by atomic mass is 9.99. The van der Waals surface area contributed by atoms with Crippen molar-refractivity contribution in [3.8, 4) is 16.9 Å². The van der Waals surface area contributed by atoms with E-state index in [1.165, 1.54) is 31.7 Å². The van der Waals surface area contributed by atoms with E-state index < -0.39 is 11.6 Å². The minimum Gasteiger partial charge on any atom is -0.493 e. The van der Waals surface area contributed by atoms with Crippen molar-refractivity contribution in [3.05, 3.63) is 53.6 Å². The topological polar surface area (TPSA) is 21.6 Å². The van der Waals surface area contributed by atoms with E-state index in [0.29, 0.717) is 12.2 Å². The number of rotatable bonds is 7. The molecule has 1 aliphatic heterocycles. The van der Waals surface area contributed by atoms with E-state index in [1.807, 2.05) is 18.2 Å². The van der Waals surface area contributed by atoms with Crippen LogP contribution in [0.3, 0.4) is 0 Å². The maximum Gasteiger partial charge on any atom is 0.159 e. The lowest BCUT2D eigenvalue weighted by Gasteiger charge is -2.11. The smallest absolute Gasteiger partial charge is 0.159 e. The molecule has 0 unspecified atom stereocenters. The molecule has 0 atom stereocenters. The third kappa shape index (κ3) is 5.15. The molecule has 27 heavy (non-hydrogen) atoms. The summed E-state index contributed by atoms with van der Waals surface area (Å²) in [6.07, 6.45) is 8.00. The Morgan fingerprint density at radius 1 is 0.926 bits per heavy atom. The van der Waals surface area contributed by atoms with Gasteiger partial charge in [-0.3, -0.25) is 4.99 Å². The molecule has 0 saturated carbocycles. The molecule has 0 radical (unpaired) electrons. The van der Waals surface area contributed by atoms with Crippen LogP contribution in [0.25, 0.3) is 11.1 Å². The van der Waals surface area contributed by atoms with E-state index in [4.69, 9.17) is 9.73 Å². The Kier molecular flexibility index (Phi) is 6.97. The third-order valence-corrected chi connectivity index (χ3v) is 4.93. The number of ether oxygens (including phenoxy) is 1. The van der Waals surface area contributed by atoms with Gasteiger partial charge < -0.3 is 4.74 Å². The summed E-state index contributed by atoms with van der Waals surface area (Å²) in [6.45, 7) is 3.71. The summed E-state index contributed by atoms with van der Waals surface area (Å²) in [7, 11) is 0. The Labute approximate surface area is 160 Å². The van der Waals surface area contributed by atoms with Crippen LogP contribution in [0, 0.1) is 11.6 Å². The molecule has 2 aromatic rings. The van der Waals surface area contributed by atoms with Gasteiger partial charge in [-0.05, 0) is 54.7 Å². The second kappa shape index (κ2) is 9.63. The molecular formula is C23H27F2NO. The van der Waals surface area contributed by atoms with Crippen LogP contribution >= 0.6 is 0 Å². The number of benzene rings is 2. The molecule has 144 valence electrons. The number of fused-ring (bicyclic) bond motifs is 1. The number of hydrogen-bond donors (Lipinski definition) is 0. The fourth-order valence-corrected chi connectivity index (χ4v) is 3.39. The minimum atomic E-state index is -0.839. The Balaban J connectivity index is 1.77. The zero-order chi connectivity index (χ0) is 19.1. The molecule has 0 spiro atoms. The number of hydrogen-bond acceptors (Lipinski definition) is 2. The first kappa shape index (κ1) is 19.5. The van der Waals surface area contributed by atoms with E-state index >= 15 is 0 Å². The van der Waals surface area contributed by atoms with Crippen molar-refractivity contribution in [1.29, 1.82) is 0 Å². The van der Waals surface area contributed by atoms with Crippen LogP contribution < -0.4 is 4.74 Å². The first-order chi connectivity index (χ1) is 13.2. The quantitative estimate of drug-likeness (QED) is 0.505. The Morgan fingerprint density at radius 3 is 2.52 bits per heavy atom. The van der Waals surface area contributed by atoms with Crippen molar-refractivity contribution < 1.29 is 13.5 Å². The van der Waals surface area contributed by atoms with Gasteiger partial charge in [0.1, 0.15) is 5.75 Å². The van der Waals surface area contributed by atoms with Gasteiger partial charge >= 0.3 is 0 Å². The number of aliphatic imine (C=N–C) groups is 1. The lowest BCUT2D eigenvalue weighted by Crippen LogP contribution is -2.02. The van der Waals surface area contributed by atoms with Gasteiger partial charge in [0, 0.05) is 17.8 Å². The normalized spacial score (nSPS) is 15.3. The molecule has 4 heteroatoms. The predicted molar refractivity (Wildman–Crippen MR) is 107 cm³/mol. The average Bonchev–Trinajstić information content (AvgIpc) is 2.88. The van der Waals surface area contributed by atoms with E-state index in [1.54, 1.807) is 6.07 Å². The van der Waals surface area contributed by atoms with Crippen molar-refractivity contribution in [2.24, 2.45) is 4.99 Å². The van der Waals surface area contributed by atoms with Crippen LogP contribution in [0.2, 0.25) is 0 Å². The monoisotopic (exact) mass is 371 g/mol. The lowest BCUT2D eigenvalue weighted by molar-refractivity contribution is 0.318.